The molecule has 0 saturated carbocycles. The molecule has 11 heteroatoms. The summed E-state index contributed by atoms with van der Waals surface area (Å²) < 4.78 is 15.2. The van der Waals surface area contributed by atoms with E-state index in [1.165, 1.54) is 20.8 Å². The summed E-state index contributed by atoms with van der Waals surface area (Å²) in [6, 6.07) is 0. The molecule has 0 amide bonds. The van der Waals surface area contributed by atoms with Gasteiger partial charge < -0.3 is 39.7 Å². The zero-order valence-electron chi connectivity index (χ0n) is 24.9. The molecule has 0 aromatic rings. The Kier molecular flexibility index (Phi) is 23.2. The Balaban J connectivity index is 0. The first-order valence-corrected chi connectivity index (χ1v) is 14.0. The smallest absolute Gasteiger partial charge is 0.302 e. The molecule has 8 unspecified atom stereocenters. The Bertz CT molecular complexity index is 655. The molecule has 11 nitrogen and oxygen atoms in total. The zero-order valence-corrected chi connectivity index (χ0v) is 24.9. The van der Waals surface area contributed by atoms with Crippen molar-refractivity contribution in [3.05, 3.63) is 0 Å². The fourth-order valence-electron chi connectivity index (χ4n) is 4.11. The molecule has 0 saturated heterocycles. The number of ether oxygens (including phenoxy) is 3. The average molecular weight is 567 g/mol. The lowest BCUT2D eigenvalue weighted by atomic mass is 9.96. The van der Waals surface area contributed by atoms with E-state index < -0.39 is 54.7 Å². The maximum Gasteiger partial charge on any atom is 0.302 e. The Morgan fingerprint density at radius 1 is 0.538 bits per heavy atom. The molecule has 0 spiro atoms. The molecule has 39 heavy (non-hydrogen) atoms. The van der Waals surface area contributed by atoms with Crippen LogP contribution < -0.4 is 0 Å². The van der Waals surface area contributed by atoms with Crippen molar-refractivity contribution in [3.63, 3.8) is 0 Å². The molecule has 8 atom stereocenters. The summed E-state index contributed by atoms with van der Waals surface area (Å²) in [5.41, 5.74) is 0. The van der Waals surface area contributed by atoms with Crippen molar-refractivity contribution < 1.29 is 54.1 Å². The van der Waals surface area contributed by atoms with Gasteiger partial charge >= 0.3 is 17.9 Å². The molecule has 0 aromatic carbocycles. The van der Waals surface area contributed by atoms with Crippen molar-refractivity contribution in [2.24, 2.45) is 0 Å². The Labute approximate surface area is 233 Å². The van der Waals surface area contributed by atoms with Crippen molar-refractivity contribution in [1.29, 1.82) is 0 Å². The van der Waals surface area contributed by atoms with E-state index >= 15 is 0 Å². The number of rotatable bonds is 19. The topological polar surface area (TPSA) is 180 Å². The van der Waals surface area contributed by atoms with Gasteiger partial charge in [0.1, 0.15) is 18.3 Å². The second kappa shape index (κ2) is 23.0. The molecule has 0 aliphatic carbocycles. The van der Waals surface area contributed by atoms with Gasteiger partial charge in [0.25, 0.3) is 0 Å². The summed E-state index contributed by atoms with van der Waals surface area (Å²) >= 11 is 0. The van der Waals surface area contributed by atoms with Crippen molar-refractivity contribution in [1.82, 2.24) is 0 Å². The van der Waals surface area contributed by atoms with Crippen LogP contribution in [0.25, 0.3) is 0 Å². The summed E-state index contributed by atoms with van der Waals surface area (Å²) in [6.45, 7) is 11.3. The van der Waals surface area contributed by atoms with Crippen LogP contribution in [0.2, 0.25) is 0 Å². The molecule has 0 bridgehead atoms. The third-order valence-electron chi connectivity index (χ3n) is 5.83. The molecule has 0 aromatic heterocycles. The van der Waals surface area contributed by atoms with E-state index in [0.29, 0.717) is 19.3 Å². The van der Waals surface area contributed by atoms with Gasteiger partial charge in [0.2, 0.25) is 0 Å². The van der Waals surface area contributed by atoms with Crippen molar-refractivity contribution in [3.8, 4) is 0 Å². The summed E-state index contributed by atoms with van der Waals surface area (Å²) in [5, 5.41) is 49.2. The van der Waals surface area contributed by atoms with Crippen molar-refractivity contribution in [2.45, 2.75) is 162 Å². The third kappa shape index (κ3) is 25.0. The van der Waals surface area contributed by atoms with E-state index in [1.54, 1.807) is 13.8 Å². The van der Waals surface area contributed by atoms with E-state index in [4.69, 9.17) is 19.3 Å². The molecular formula is C28H54O11. The van der Waals surface area contributed by atoms with Gasteiger partial charge in [0.15, 0.2) is 0 Å². The van der Waals surface area contributed by atoms with E-state index in [9.17, 15) is 34.8 Å². The highest BCUT2D eigenvalue weighted by molar-refractivity contribution is 5.66. The Hall–Kier alpha value is -1.79. The van der Waals surface area contributed by atoms with Gasteiger partial charge in [0, 0.05) is 52.9 Å². The van der Waals surface area contributed by atoms with Crippen LogP contribution in [-0.2, 0) is 28.6 Å². The standard InChI is InChI=1S/C20H38O8.C8H16O3/c1-5-7-16(24)10-20(28-14(4)22)12-18(26)8-17(25)11-19(27-13(3)21)9-15(23)6-2;1-4-8(5-6(2)9)11-7(3)10/h15-20,23-26H,5-12H2,1-4H3;6,8-9H,4-5H2,1-3H3. The number of hydrogen-bond acceptors (Lipinski definition) is 11. The maximum atomic E-state index is 11.3. The fourth-order valence-corrected chi connectivity index (χ4v) is 4.11. The predicted molar refractivity (Wildman–Crippen MR) is 146 cm³/mol. The molecular weight excluding hydrogens is 512 g/mol. The zero-order chi connectivity index (χ0) is 30.5. The molecule has 232 valence electrons. The van der Waals surface area contributed by atoms with Gasteiger partial charge in [-0.2, -0.15) is 0 Å². The normalized spacial score (nSPS) is 17.2. The number of carbonyl (C=O) groups is 3. The minimum absolute atomic E-state index is 0.00161. The van der Waals surface area contributed by atoms with E-state index in [2.05, 4.69) is 0 Å². The quantitative estimate of drug-likeness (QED) is 0.114. The van der Waals surface area contributed by atoms with Gasteiger partial charge in [-0.1, -0.05) is 27.2 Å². The number of hydrogen-bond donors (Lipinski definition) is 5. The predicted octanol–water partition coefficient (Wildman–Crippen LogP) is 2.55. The lowest BCUT2D eigenvalue weighted by Gasteiger charge is -2.26. The van der Waals surface area contributed by atoms with Crippen LogP contribution in [0.4, 0.5) is 0 Å². The molecule has 0 radical (unpaired) electrons. The minimum Gasteiger partial charge on any atom is -0.462 e. The highest BCUT2D eigenvalue weighted by Gasteiger charge is 2.25. The molecule has 5 N–H and O–H groups in total. The van der Waals surface area contributed by atoms with Gasteiger partial charge in [0.05, 0.1) is 30.5 Å². The summed E-state index contributed by atoms with van der Waals surface area (Å²) in [5.74, 6) is -1.27. The van der Waals surface area contributed by atoms with Crippen LogP contribution >= 0.6 is 0 Å². The first-order chi connectivity index (χ1) is 18.1. The lowest BCUT2D eigenvalue weighted by molar-refractivity contribution is -0.150. The van der Waals surface area contributed by atoms with Gasteiger partial charge in [-0.25, -0.2) is 0 Å². The van der Waals surface area contributed by atoms with Crippen molar-refractivity contribution >= 4 is 17.9 Å². The molecule has 0 aliphatic heterocycles. The second-order valence-corrected chi connectivity index (χ2v) is 10.2. The lowest BCUT2D eigenvalue weighted by Crippen LogP contribution is -2.31. The summed E-state index contributed by atoms with van der Waals surface area (Å²) in [6.07, 6.45) is -1.27. The van der Waals surface area contributed by atoms with Crippen LogP contribution in [0, 0.1) is 0 Å². The number of aliphatic hydroxyl groups excluding tert-OH is 5. The Morgan fingerprint density at radius 2 is 0.923 bits per heavy atom. The fraction of sp³-hybridized carbons (Fsp3) is 0.893. The summed E-state index contributed by atoms with van der Waals surface area (Å²) in [4.78, 5) is 33.0. The Morgan fingerprint density at radius 3 is 1.26 bits per heavy atom. The van der Waals surface area contributed by atoms with E-state index in [1.807, 2.05) is 13.8 Å². The van der Waals surface area contributed by atoms with E-state index in [-0.39, 0.29) is 44.2 Å². The molecule has 0 aliphatic rings. The minimum atomic E-state index is -0.957. The average Bonchev–Trinajstić information content (AvgIpc) is 2.77. The maximum absolute atomic E-state index is 11.3. The SMILES string of the molecule is CCC(CC(C)O)OC(C)=O.CCCC(O)CC(CC(O)CC(O)CC(CC(O)CC)OC(C)=O)OC(C)=O. The third-order valence-corrected chi connectivity index (χ3v) is 5.83. The van der Waals surface area contributed by atoms with Crippen LogP contribution in [0.1, 0.15) is 113 Å². The van der Waals surface area contributed by atoms with Crippen molar-refractivity contribution in [2.75, 3.05) is 0 Å². The number of aliphatic hydroxyl groups is 5. The molecule has 0 fully saturated rings. The number of esters is 3. The van der Waals surface area contributed by atoms with E-state index in [0.717, 1.165) is 12.8 Å². The van der Waals surface area contributed by atoms with Crippen LogP contribution in [-0.4, -0.2) is 92.3 Å². The molecule has 0 heterocycles. The first kappa shape index (κ1) is 39.4. The van der Waals surface area contributed by atoms with Crippen LogP contribution in [0.5, 0.6) is 0 Å². The second-order valence-electron chi connectivity index (χ2n) is 10.2. The van der Waals surface area contributed by atoms with Gasteiger partial charge in [-0.15, -0.1) is 0 Å². The first-order valence-electron chi connectivity index (χ1n) is 14.0. The van der Waals surface area contributed by atoms with Crippen LogP contribution in [0.3, 0.4) is 0 Å². The highest BCUT2D eigenvalue weighted by Crippen LogP contribution is 2.19. The molecule has 0 rings (SSSR count). The number of carbonyl (C=O) groups excluding carboxylic acids is 3. The highest BCUT2D eigenvalue weighted by atomic mass is 16.6. The van der Waals surface area contributed by atoms with Gasteiger partial charge in [-0.3, -0.25) is 14.4 Å². The summed E-state index contributed by atoms with van der Waals surface area (Å²) in [7, 11) is 0. The monoisotopic (exact) mass is 566 g/mol. The van der Waals surface area contributed by atoms with Gasteiger partial charge in [-0.05, 0) is 32.6 Å². The largest absolute Gasteiger partial charge is 0.462 e. The van der Waals surface area contributed by atoms with Crippen LogP contribution in [0.15, 0.2) is 0 Å².